The third-order valence-electron chi connectivity index (χ3n) is 3.22. The number of methoxy groups -OCH3 is 2. The van der Waals surface area contributed by atoms with Crippen LogP contribution in [0.25, 0.3) is 0 Å². The zero-order valence-corrected chi connectivity index (χ0v) is 13.2. The molecular formula is C16H23NO5. The summed E-state index contributed by atoms with van der Waals surface area (Å²) in [4.78, 5) is 22.3. The van der Waals surface area contributed by atoms with E-state index >= 15 is 0 Å². The van der Waals surface area contributed by atoms with Crippen molar-refractivity contribution in [3.8, 4) is 11.5 Å². The molecule has 0 heterocycles. The Morgan fingerprint density at radius 2 is 1.77 bits per heavy atom. The van der Waals surface area contributed by atoms with Gasteiger partial charge in [0.2, 0.25) is 5.91 Å². The maximum atomic E-state index is 11.8. The van der Waals surface area contributed by atoms with E-state index < -0.39 is 5.97 Å². The van der Waals surface area contributed by atoms with Crippen LogP contribution < -0.4 is 14.8 Å². The van der Waals surface area contributed by atoms with Gasteiger partial charge < -0.3 is 19.9 Å². The van der Waals surface area contributed by atoms with Gasteiger partial charge in [0.05, 0.1) is 14.2 Å². The van der Waals surface area contributed by atoms with E-state index in [1.54, 1.807) is 27.2 Å². The molecule has 122 valence electrons. The van der Waals surface area contributed by atoms with Crippen molar-refractivity contribution in [2.24, 2.45) is 5.92 Å². The van der Waals surface area contributed by atoms with Crippen LogP contribution in [-0.2, 0) is 16.0 Å². The molecule has 0 spiro atoms. The van der Waals surface area contributed by atoms with Crippen molar-refractivity contribution in [2.45, 2.75) is 26.2 Å². The fourth-order valence-corrected chi connectivity index (χ4v) is 2.02. The first kappa shape index (κ1) is 17.8. The number of carboxylic acids is 1. The fourth-order valence-electron chi connectivity index (χ4n) is 2.02. The highest BCUT2D eigenvalue weighted by Crippen LogP contribution is 2.23. The van der Waals surface area contributed by atoms with Crippen LogP contribution >= 0.6 is 0 Å². The largest absolute Gasteiger partial charge is 0.497 e. The van der Waals surface area contributed by atoms with E-state index in [-0.39, 0.29) is 18.2 Å². The lowest BCUT2D eigenvalue weighted by atomic mass is 10.1. The Bertz CT molecular complexity index is 493. The summed E-state index contributed by atoms with van der Waals surface area (Å²) in [6.45, 7) is 2.16. The molecule has 0 aliphatic rings. The second-order valence-corrected chi connectivity index (χ2v) is 5.23. The molecule has 6 nitrogen and oxygen atoms in total. The Balaban J connectivity index is 2.45. The molecule has 1 unspecified atom stereocenters. The predicted octanol–water partition coefficient (Wildman–Crippen LogP) is 1.86. The number of aryl methyl sites for hydroxylation is 1. The first-order valence-electron chi connectivity index (χ1n) is 7.15. The number of ether oxygens (including phenoxy) is 2. The van der Waals surface area contributed by atoms with Crippen molar-refractivity contribution in [1.29, 1.82) is 0 Å². The van der Waals surface area contributed by atoms with Gasteiger partial charge in [0.15, 0.2) is 0 Å². The summed E-state index contributed by atoms with van der Waals surface area (Å²) >= 11 is 0. The first-order chi connectivity index (χ1) is 10.4. The van der Waals surface area contributed by atoms with Crippen LogP contribution in [0.1, 0.15) is 25.3 Å². The van der Waals surface area contributed by atoms with E-state index in [4.69, 9.17) is 14.6 Å². The molecule has 0 fully saturated rings. The van der Waals surface area contributed by atoms with Crippen molar-refractivity contribution < 1.29 is 24.2 Å². The van der Waals surface area contributed by atoms with Gasteiger partial charge in [-0.3, -0.25) is 9.59 Å². The van der Waals surface area contributed by atoms with Crippen LogP contribution in [0.5, 0.6) is 11.5 Å². The molecule has 1 amide bonds. The molecule has 0 saturated heterocycles. The summed E-state index contributed by atoms with van der Waals surface area (Å²) in [6.07, 6.45) is 0.941. The van der Waals surface area contributed by atoms with E-state index in [9.17, 15) is 9.59 Å². The van der Waals surface area contributed by atoms with E-state index in [1.165, 1.54) is 0 Å². The van der Waals surface area contributed by atoms with Crippen LogP contribution in [0, 0.1) is 5.92 Å². The average molecular weight is 309 g/mol. The summed E-state index contributed by atoms with van der Waals surface area (Å²) < 4.78 is 10.4. The predicted molar refractivity (Wildman–Crippen MR) is 82.3 cm³/mol. The standard InChI is InChI=1S/C16H23NO5/c1-11(6-16(19)20)10-17-15(18)5-4-12-7-13(21-2)9-14(8-12)22-3/h7-9,11H,4-6,10H2,1-3H3,(H,17,18)(H,19,20). The Morgan fingerprint density at radius 1 is 1.18 bits per heavy atom. The molecule has 1 aromatic carbocycles. The highest BCUT2D eigenvalue weighted by atomic mass is 16.5. The molecule has 6 heteroatoms. The van der Waals surface area contributed by atoms with Gasteiger partial charge in [-0.25, -0.2) is 0 Å². The van der Waals surface area contributed by atoms with E-state index in [0.29, 0.717) is 30.9 Å². The van der Waals surface area contributed by atoms with Crippen LogP contribution in [0.3, 0.4) is 0 Å². The van der Waals surface area contributed by atoms with Crippen LogP contribution in [-0.4, -0.2) is 37.7 Å². The number of benzene rings is 1. The summed E-state index contributed by atoms with van der Waals surface area (Å²) in [5, 5.41) is 11.4. The Morgan fingerprint density at radius 3 is 2.27 bits per heavy atom. The molecule has 0 aliphatic carbocycles. The van der Waals surface area contributed by atoms with Crippen molar-refractivity contribution >= 4 is 11.9 Å². The average Bonchev–Trinajstić information content (AvgIpc) is 2.49. The number of carbonyl (C=O) groups is 2. The molecule has 2 N–H and O–H groups in total. The maximum Gasteiger partial charge on any atom is 0.303 e. The van der Waals surface area contributed by atoms with Crippen molar-refractivity contribution in [3.63, 3.8) is 0 Å². The minimum Gasteiger partial charge on any atom is -0.497 e. The highest BCUT2D eigenvalue weighted by molar-refractivity contribution is 5.76. The number of carboxylic acid groups (broad SMARTS) is 1. The molecule has 1 atom stereocenters. The third-order valence-corrected chi connectivity index (χ3v) is 3.22. The summed E-state index contributed by atoms with van der Waals surface area (Å²) in [7, 11) is 3.16. The van der Waals surface area contributed by atoms with Gasteiger partial charge in [0.25, 0.3) is 0 Å². The van der Waals surface area contributed by atoms with Gasteiger partial charge in [0.1, 0.15) is 11.5 Å². The van der Waals surface area contributed by atoms with Gasteiger partial charge in [-0.05, 0) is 30.0 Å². The van der Waals surface area contributed by atoms with Gasteiger partial charge >= 0.3 is 5.97 Å². The minimum atomic E-state index is -0.856. The lowest BCUT2D eigenvalue weighted by Gasteiger charge is -2.11. The lowest BCUT2D eigenvalue weighted by Crippen LogP contribution is -2.29. The number of carbonyl (C=O) groups excluding carboxylic acids is 1. The zero-order valence-electron chi connectivity index (χ0n) is 13.2. The Hall–Kier alpha value is -2.24. The number of amides is 1. The van der Waals surface area contributed by atoms with E-state index in [2.05, 4.69) is 5.32 Å². The molecule has 0 aliphatic heterocycles. The number of hydrogen-bond acceptors (Lipinski definition) is 4. The van der Waals surface area contributed by atoms with Gasteiger partial charge in [-0.15, -0.1) is 0 Å². The smallest absolute Gasteiger partial charge is 0.303 e. The second-order valence-electron chi connectivity index (χ2n) is 5.23. The monoisotopic (exact) mass is 309 g/mol. The van der Waals surface area contributed by atoms with Crippen molar-refractivity contribution in [1.82, 2.24) is 5.32 Å². The number of nitrogens with one attached hydrogen (secondary N) is 1. The van der Waals surface area contributed by atoms with Gasteiger partial charge in [-0.1, -0.05) is 6.92 Å². The highest BCUT2D eigenvalue weighted by Gasteiger charge is 2.10. The van der Waals surface area contributed by atoms with Crippen LogP contribution in [0.2, 0.25) is 0 Å². The number of rotatable bonds is 9. The van der Waals surface area contributed by atoms with Gasteiger partial charge in [-0.2, -0.15) is 0 Å². The Labute approximate surface area is 130 Å². The number of hydrogen-bond donors (Lipinski definition) is 2. The molecule has 22 heavy (non-hydrogen) atoms. The third kappa shape index (κ3) is 6.47. The van der Waals surface area contributed by atoms with Crippen LogP contribution in [0.15, 0.2) is 18.2 Å². The van der Waals surface area contributed by atoms with Gasteiger partial charge in [0, 0.05) is 25.5 Å². The van der Waals surface area contributed by atoms with E-state index in [0.717, 1.165) is 5.56 Å². The van der Waals surface area contributed by atoms with Crippen molar-refractivity contribution in [2.75, 3.05) is 20.8 Å². The summed E-state index contributed by atoms with van der Waals surface area (Å²) in [6, 6.07) is 5.50. The quantitative estimate of drug-likeness (QED) is 0.727. The molecule has 0 bridgehead atoms. The zero-order chi connectivity index (χ0) is 16.5. The normalized spacial score (nSPS) is 11.6. The first-order valence-corrected chi connectivity index (χ1v) is 7.15. The molecular weight excluding hydrogens is 286 g/mol. The number of aliphatic carboxylic acids is 1. The fraction of sp³-hybridized carbons (Fsp3) is 0.500. The SMILES string of the molecule is COc1cc(CCC(=O)NCC(C)CC(=O)O)cc(OC)c1. The minimum absolute atomic E-state index is 0.0490. The topological polar surface area (TPSA) is 84.9 Å². The maximum absolute atomic E-state index is 11.8. The van der Waals surface area contributed by atoms with Crippen LogP contribution in [0.4, 0.5) is 0 Å². The second kappa shape index (κ2) is 8.92. The summed E-state index contributed by atoms with van der Waals surface area (Å²) in [5.41, 5.74) is 0.949. The van der Waals surface area contributed by atoms with Crippen molar-refractivity contribution in [3.05, 3.63) is 23.8 Å². The molecule has 1 rings (SSSR count). The summed E-state index contributed by atoms with van der Waals surface area (Å²) in [5.74, 6) is 0.331. The molecule has 0 radical (unpaired) electrons. The molecule has 0 aromatic heterocycles. The molecule has 0 saturated carbocycles. The van der Waals surface area contributed by atoms with E-state index in [1.807, 2.05) is 12.1 Å². The Kier molecular flexibility index (Phi) is 7.22. The lowest BCUT2D eigenvalue weighted by molar-refractivity contribution is -0.138. The molecule has 1 aromatic rings.